The molecule has 0 atom stereocenters. The van der Waals surface area contributed by atoms with Crippen LogP contribution in [0.15, 0.2) is 73.3 Å². The average Bonchev–Trinajstić information content (AvgIpc) is 3.25. The van der Waals surface area contributed by atoms with Crippen LogP contribution in [0.3, 0.4) is 0 Å². The van der Waals surface area contributed by atoms with Gasteiger partial charge >= 0.3 is 0 Å². The molecule has 0 spiro atoms. The molecular weight excluding hydrogens is 433 g/mol. The van der Waals surface area contributed by atoms with E-state index in [0.29, 0.717) is 34.0 Å². The summed E-state index contributed by atoms with van der Waals surface area (Å²) in [7, 11) is 0. The van der Waals surface area contributed by atoms with Crippen LogP contribution in [0, 0.1) is 24.1 Å². The average molecular weight is 449 g/mol. The highest BCUT2D eigenvalue weighted by atomic mass is 19.1. The lowest BCUT2D eigenvalue weighted by atomic mass is 10.0. The van der Waals surface area contributed by atoms with Crippen LogP contribution in [0.4, 0.5) is 10.2 Å². The Morgan fingerprint density at radius 2 is 1.97 bits per heavy atom. The van der Waals surface area contributed by atoms with E-state index in [1.165, 1.54) is 24.5 Å². The van der Waals surface area contributed by atoms with Gasteiger partial charge in [0.15, 0.2) is 5.65 Å². The predicted octanol–water partition coefficient (Wildman–Crippen LogP) is 4.42. The molecule has 0 aliphatic rings. The van der Waals surface area contributed by atoms with Crippen molar-refractivity contribution in [2.75, 3.05) is 5.32 Å². The second-order valence-electron chi connectivity index (χ2n) is 7.52. The number of carbonyl (C=O) groups excluding carboxylic acids is 1. The molecule has 0 bridgehead atoms. The van der Waals surface area contributed by atoms with Crippen LogP contribution in [0.5, 0.6) is 0 Å². The summed E-state index contributed by atoms with van der Waals surface area (Å²) in [6.45, 7) is 1.70. The summed E-state index contributed by atoms with van der Waals surface area (Å²) in [6.07, 6.45) is 5.98. The topological polar surface area (TPSA) is 109 Å². The minimum absolute atomic E-state index is 0.241. The number of fused-ring (bicyclic) bond motifs is 1. The van der Waals surface area contributed by atoms with Gasteiger partial charge in [0, 0.05) is 35.9 Å². The molecule has 5 aromatic rings. The van der Waals surface area contributed by atoms with Crippen LogP contribution < -0.4 is 5.32 Å². The van der Waals surface area contributed by atoms with E-state index in [9.17, 15) is 9.18 Å². The van der Waals surface area contributed by atoms with Gasteiger partial charge in [0.05, 0.1) is 16.8 Å². The lowest BCUT2D eigenvalue weighted by Crippen LogP contribution is -2.13. The number of nitrogens with zero attached hydrogens (tertiary/aromatic N) is 6. The number of pyridine rings is 2. The van der Waals surface area contributed by atoms with Crippen LogP contribution in [0.25, 0.3) is 28.2 Å². The second kappa shape index (κ2) is 8.52. The molecule has 1 N–H and O–H groups in total. The number of amides is 1. The molecule has 4 aromatic heterocycles. The van der Waals surface area contributed by atoms with Crippen molar-refractivity contribution in [1.82, 2.24) is 24.6 Å². The lowest BCUT2D eigenvalue weighted by Gasteiger charge is -2.09. The third-order valence-corrected chi connectivity index (χ3v) is 5.23. The normalized spacial score (nSPS) is 10.7. The minimum Gasteiger partial charge on any atom is -0.306 e. The molecule has 0 fully saturated rings. The molecule has 0 saturated carbocycles. The fourth-order valence-corrected chi connectivity index (χ4v) is 3.60. The van der Waals surface area contributed by atoms with E-state index >= 15 is 0 Å². The van der Waals surface area contributed by atoms with E-state index in [1.54, 1.807) is 54.2 Å². The largest absolute Gasteiger partial charge is 0.306 e. The monoisotopic (exact) mass is 449 g/mol. The van der Waals surface area contributed by atoms with Gasteiger partial charge in [-0.2, -0.15) is 10.4 Å². The molecule has 4 heterocycles. The number of rotatable bonds is 4. The first-order valence-electron chi connectivity index (χ1n) is 10.3. The van der Waals surface area contributed by atoms with Gasteiger partial charge in [-0.25, -0.2) is 18.9 Å². The number of halogens is 1. The van der Waals surface area contributed by atoms with Gasteiger partial charge in [-0.3, -0.25) is 9.78 Å². The van der Waals surface area contributed by atoms with Gasteiger partial charge in [0.2, 0.25) is 0 Å². The number of aromatic nitrogens is 5. The number of anilines is 1. The van der Waals surface area contributed by atoms with E-state index in [4.69, 9.17) is 10.2 Å². The number of hydrogen-bond donors (Lipinski definition) is 1. The zero-order valence-electron chi connectivity index (χ0n) is 17.9. The smallest absolute Gasteiger partial charge is 0.258 e. The molecule has 1 aromatic carbocycles. The number of nitrogens with one attached hydrogen (secondary N) is 1. The van der Waals surface area contributed by atoms with E-state index in [1.807, 2.05) is 12.1 Å². The predicted molar refractivity (Wildman–Crippen MR) is 123 cm³/mol. The number of benzene rings is 1. The number of hydrogen-bond acceptors (Lipinski definition) is 6. The summed E-state index contributed by atoms with van der Waals surface area (Å²) in [6, 6.07) is 15.3. The standard InChI is InChI=1S/C25H16FN7O/c1-15-9-17(4-5-20(15)26)23-24(33-22(32-23)3-2-7-30-33)18-6-8-29-21(11-18)31-25(34)19-10-16(12-27)13-28-14-19/h2-11,13-14H,1H3,(H,29,31,34). The van der Waals surface area contributed by atoms with Crippen molar-refractivity contribution in [3.8, 4) is 28.6 Å². The van der Waals surface area contributed by atoms with Crippen LogP contribution >= 0.6 is 0 Å². The first kappa shape index (κ1) is 20.9. The summed E-state index contributed by atoms with van der Waals surface area (Å²) >= 11 is 0. The number of nitriles is 1. The number of imidazole rings is 1. The van der Waals surface area contributed by atoms with Crippen LogP contribution in [-0.2, 0) is 0 Å². The third kappa shape index (κ3) is 3.84. The Balaban J connectivity index is 1.58. The fraction of sp³-hybridized carbons (Fsp3) is 0.0400. The summed E-state index contributed by atoms with van der Waals surface area (Å²) in [5.41, 5.74) is 4.39. The van der Waals surface area contributed by atoms with Crippen LogP contribution in [0.2, 0.25) is 0 Å². The maximum absolute atomic E-state index is 13.9. The van der Waals surface area contributed by atoms with Gasteiger partial charge in [-0.15, -0.1) is 0 Å². The molecule has 0 saturated heterocycles. The molecule has 9 heteroatoms. The van der Waals surface area contributed by atoms with E-state index in [-0.39, 0.29) is 16.9 Å². The maximum Gasteiger partial charge on any atom is 0.258 e. The van der Waals surface area contributed by atoms with Crippen molar-refractivity contribution in [3.63, 3.8) is 0 Å². The zero-order valence-corrected chi connectivity index (χ0v) is 17.9. The van der Waals surface area contributed by atoms with E-state index in [0.717, 1.165) is 5.56 Å². The quantitative estimate of drug-likeness (QED) is 0.435. The van der Waals surface area contributed by atoms with Crippen LogP contribution in [-0.4, -0.2) is 30.5 Å². The fourth-order valence-electron chi connectivity index (χ4n) is 3.60. The van der Waals surface area contributed by atoms with Crippen molar-refractivity contribution in [3.05, 3.63) is 95.8 Å². The highest BCUT2D eigenvalue weighted by Gasteiger charge is 2.18. The maximum atomic E-state index is 13.9. The SMILES string of the molecule is Cc1cc(-c2nc3cccnn3c2-c2ccnc(NC(=O)c3cncc(C#N)c3)c2)ccc1F. The summed E-state index contributed by atoms with van der Waals surface area (Å²) in [4.78, 5) is 25.6. The molecule has 34 heavy (non-hydrogen) atoms. The Kier molecular flexibility index (Phi) is 5.24. The van der Waals surface area contributed by atoms with Gasteiger partial charge in [0.1, 0.15) is 23.4 Å². The van der Waals surface area contributed by atoms with Crippen LogP contribution in [0.1, 0.15) is 21.5 Å². The molecule has 0 aliphatic carbocycles. The zero-order chi connectivity index (χ0) is 23.7. The lowest BCUT2D eigenvalue weighted by molar-refractivity contribution is 0.102. The molecule has 1 amide bonds. The molecule has 0 radical (unpaired) electrons. The Morgan fingerprint density at radius 3 is 2.79 bits per heavy atom. The van der Waals surface area contributed by atoms with Crippen molar-refractivity contribution in [1.29, 1.82) is 5.26 Å². The Hall–Kier alpha value is -4.97. The summed E-state index contributed by atoms with van der Waals surface area (Å²) < 4.78 is 15.6. The number of carbonyl (C=O) groups is 1. The van der Waals surface area contributed by atoms with Crippen molar-refractivity contribution in [2.24, 2.45) is 0 Å². The van der Waals surface area contributed by atoms with Gasteiger partial charge in [0.25, 0.3) is 5.91 Å². The van der Waals surface area contributed by atoms with Crippen molar-refractivity contribution >= 4 is 17.4 Å². The summed E-state index contributed by atoms with van der Waals surface area (Å²) in [5.74, 6) is -0.437. The molecule has 0 aliphatic heterocycles. The van der Waals surface area contributed by atoms with E-state index in [2.05, 4.69) is 20.4 Å². The summed E-state index contributed by atoms with van der Waals surface area (Å²) in [5, 5.41) is 16.2. The Bertz CT molecular complexity index is 1600. The van der Waals surface area contributed by atoms with E-state index < -0.39 is 5.91 Å². The minimum atomic E-state index is -0.445. The Labute approximate surface area is 193 Å². The van der Waals surface area contributed by atoms with Gasteiger partial charge in [-0.1, -0.05) is 0 Å². The molecule has 8 nitrogen and oxygen atoms in total. The molecule has 164 valence electrons. The molecule has 0 unspecified atom stereocenters. The number of aryl methyl sites for hydroxylation is 1. The first-order chi connectivity index (χ1) is 16.5. The first-order valence-corrected chi connectivity index (χ1v) is 10.3. The second-order valence-corrected chi connectivity index (χ2v) is 7.52. The van der Waals surface area contributed by atoms with Gasteiger partial charge in [-0.05, 0) is 61.0 Å². The van der Waals surface area contributed by atoms with Gasteiger partial charge < -0.3 is 5.32 Å². The highest BCUT2D eigenvalue weighted by Crippen LogP contribution is 2.33. The van der Waals surface area contributed by atoms with Crippen molar-refractivity contribution < 1.29 is 9.18 Å². The third-order valence-electron chi connectivity index (χ3n) is 5.23. The molecular formula is C25H16FN7O. The highest BCUT2D eigenvalue weighted by molar-refractivity contribution is 6.04. The Morgan fingerprint density at radius 1 is 1.09 bits per heavy atom. The molecule has 5 rings (SSSR count). The van der Waals surface area contributed by atoms with Crippen molar-refractivity contribution in [2.45, 2.75) is 6.92 Å².